The van der Waals surface area contributed by atoms with Crippen molar-refractivity contribution in [2.45, 2.75) is 44.9 Å². The Bertz CT molecular complexity index is 1560. The van der Waals surface area contributed by atoms with Crippen molar-refractivity contribution >= 4 is 32.4 Å². The molecule has 3 saturated heterocycles. The minimum absolute atomic E-state index is 0. The summed E-state index contributed by atoms with van der Waals surface area (Å²) < 4.78 is 0.977. The molecule has 0 unspecified atom stereocenters. The molecular formula is C34H35BrN2O. The molecule has 0 aliphatic carbocycles. The van der Waals surface area contributed by atoms with E-state index in [-0.39, 0.29) is 23.0 Å². The van der Waals surface area contributed by atoms with Crippen LogP contribution in [-0.4, -0.2) is 33.7 Å². The number of pyridine rings is 1. The van der Waals surface area contributed by atoms with E-state index < -0.39 is 6.10 Å². The molecule has 3 fully saturated rings. The summed E-state index contributed by atoms with van der Waals surface area (Å²) >= 11 is 0. The molecule has 4 aromatic carbocycles. The summed E-state index contributed by atoms with van der Waals surface area (Å²) in [4.78, 5) is 4.58. The molecule has 2 bridgehead atoms. The average molecular weight is 568 g/mol. The lowest BCUT2D eigenvalue weighted by Gasteiger charge is -2.58. The Hall–Kier alpha value is -2.79. The molecular weight excluding hydrogens is 532 g/mol. The maximum atomic E-state index is 12.2. The number of hydrogen-bond acceptors (Lipinski definition) is 2. The van der Waals surface area contributed by atoms with Crippen molar-refractivity contribution in [2.75, 3.05) is 13.1 Å². The van der Waals surface area contributed by atoms with Gasteiger partial charge in [-0.15, -0.1) is 0 Å². The van der Waals surface area contributed by atoms with Crippen LogP contribution in [0.5, 0.6) is 0 Å². The fraction of sp³-hybridized carbons (Fsp3) is 0.324. The van der Waals surface area contributed by atoms with Gasteiger partial charge in [0.05, 0.1) is 18.6 Å². The molecule has 0 saturated carbocycles. The molecule has 5 atom stereocenters. The Kier molecular flexibility index (Phi) is 6.75. The molecule has 1 N–H and O–H groups in total. The van der Waals surface area contributed by atoms with Gasteiger partial charge in [0.25, 0.3) is 0 Å². The number of piperidine rings is 3. The lowest BCUT2D eigenvalue weighted by atomic mass is 9.70. The summed E-state index contributed by atoms with van der Waals surface area (Å²) in [7, 11) is 0. The summed E-state index contributed by atoms with van der Waals surface area (Å²) in [6.07, 6.45) is 4.95. The minimum atomic E-state index is -0.505. The second-order valence-corrected chi connectivity index (χ2v) is 11.5. The Labute approximate surface area is 235 Å². The van der Waals surface area contributed by atoms with Gasteiger partial charge in [-0.1, -0.05) is 73.7 Å². The van der Waals surface area contributed by atoms with Gasteiger partial charge in [-0.25, -0.2) is 0 Å². The van der Waals surface area contributed by atoms with E-state index >= 15 is 0 Å². The number of aliphatic hydroxyl groups excluding tert-OH is 1. The van der Waals surface area contributed by atoms with Crippen molar-refractivity contribution in [3.63, 3.8) is 0 Å². The van der Waals surface area contributed by atoms with Crippen molar-refractivity contribution in [1.82, 2.24) is 4.98 Å². The highest BCUT2D eigenvalue weighted by Gasteiger charge is 2.54. The molecule has 5 aromatic rings. The number of halogens is 1. The molecule has 8 rings (SSSR count). The minimum Gasteiger partial charge on any atom is -1.00 e. The first-order chi connectivity index (χ1) is 18.2. The van der Waals surface area contributed by atoms with E-state index in [1.165, 1.54) is 39.9 Å². The predicted octanol–water partition coefficient (Wildman–Crippen LogP) is 4.41. The summed E-state index contributed by atoms with van der Waals surface area (Å²) in [5.41, 5.74) is 3.45. The average Bonchev–Trinajstić information content (AvgIpc) is 2.96. The number of nitrogens with zero attached hydrogens (tertiary/aromatic N) is 2. The largest absolute Gasteiger partial charge is 1.00 e. The molecule has 4 heterocycles. The van der Waals surface area contributed by atoms with Gasteiger partial charge in [0, 0.05) is 35.9 Å². The van der Waals surface area contributed by atoms with Crippen LogP contribution >= 0.6 is 0 Å². The van der Waals surface area contributed by atoms with Gasteiger partial charge in [-0.2, -0.15) is 0 Å². The topological polar surface area (TPSA) is 33.1 Å². The number of para-hydroxylation sites is 1. The summed E-state index contributed by atoms with van der Waals surface area (Å²) in [5, 5.41) is 18.6. The van der Waals surface area contributed by atoms with Crippen molar-refractivity contribution in [2.24, 2.45) is 11.8 Å². The number of aliphatic hydroxyl groups is 1. The summed E-state index contributed by atoms with van der Waals surface area (Å²) in [6, 6.07) is 30.6. The smallest absolute Gasteiger partial charge is 0.131 e. The van der Waals surface area contributed by atoms with Gasteiger partial charge in [0.2, 0.25) is 0 Å². The Morgan fingerprint density at radius 2 is 1.55 bits per heavy atom. The van der Waals surface area contributed by atoms with Crippen LogP contribution in [0.2, 0.25) is 0 Å². The van der Waals surface area contributed by atoms with Crippen LogP contribution in [0, 0.1) is 11.8 Å². The third kappa shape index (κ3) is 4.05. The number of quaternary nitrogens is 1. The molecule has 3 aliphatic heterocycles. The first-order valence-electron chi connectivity index (χ1n) is 13.9. The maximum absolute atomic E-state index is 12.2. The highest BCUT2D eigenvalue weighted by Crippen LogP contribution is 2.49. The highest BCUT2D eigenvalue weighted by molar-refractivity contribution is 6.02. The fourth-order valence-corrected chi connectivity index (χ4v) is 7.84. The van der Waals surface area contributed by atoms with Crippen LogP contribution in [0.15, 0.2) is 91.1 Å². The van der Waals surface area contributed by atoms with Crippen LogP contribution < -0.4 is 17.0 Å². The fourth-order valence-electron chi connectivity index (χ4n) is 7.84. The third-order valence-electron chi connectivity index (χ3n) is 9.70. The predicted molar refractivity (Wildman–Crippen MR) is 152 cm³/mol. The molecule has 1 aromatic heterocycles. The molecule has 0 spiro atoms. The second kappa shape index (κ2) is 10.1. The van der Waals surface area contributed by atoms with Crippen LogP contribution in [0.25, 0.3) is 32.4 Å². The van der Waals surface area contributed by atoms with E-state index in [0.29, 0.717) is 5.92 Å². The Balaban J connectivity index is 0.00000264. The third-order valence-corrected chi connectivity index (χ3v) is 9.70. The standard InChI is InChI=1S/C34H35N2O.BrH/c1-2-23-21-36(22-31-27-11-5-3-9-25(27)19-26-10-4-6-12-28(26)31)18-16-24(23)20-33(36)34(37)30-15-17-35-32-14-8-7-13-29(30)32;/h3-15,17,19,23-24,33-34,37H,2,16,18,20-22H2,1H3;1H/q+1;/p-1/t23-,24-,33-,34+,36-;/m0./s1. The van der Waals surface area contributed by atoms with Gasteiger partial charge in [-0.05, 0) is 57.6 Å². The quantitative estimate of drug-likeness (QED) is 0.252. The maximum Gasteiger partial charge on any atom is 0.131 e. The molecule has 0 amide bonds. The van der Waals surface area contributed by atoms with Crippen molar-refractivity contribution in [3.05, 3.63) is 102 Å². The zero-order valence-electron chi connectivity index (χ0n) is 21.9. The summed E-state index contributed by atoms with van der Waals surface area (Å²) in [5.74, 6) is 1.44. The van der Waals surface area contributed by atoms with Crippen LogP contribution in [-0.2, 0) is 6.54 Å². The van der Waals surface area contributed by atoms with E-state index in [2.05, 4.69) is 90.8 Å². The van der Waals surface area contributed by atoms with Crippen LogP contribution in [0.3, 0.4) is 0 Å². The number of hydrogen-bond donors (Lipinski definition) is 1. The van der Waals surface area contributed by atoms with Crippen molar-refractivity contribution in [3.8, 4) is 0 Å². The number of fused-ring (bicyclic) bond motifs is 6. The molecule has 194 valence electrons. The first kappa shape index (κ1) is 25.5. The lowest BCUT2D eigenvalue weighted by molar-refractivity contribution is -0.985. The number of aromatic nitrogens is 1. The van der Waals surface area contributed by atoms with E-state index in [1.807, 2.05) is 12.3 Å². The highest BCUT2D eigenvalue weighted by atomic mass is 79.9. The zero-order chi connectivity index (χ0) is 25.0. The lowest BCUT2D eigenvalue weighted by Crippen LogP contribution is -3.00. The van der Waals surface area contributed by atoms with E-state index in [9.17, 15) is 5.11 Å². The van der Waals surface area contributed by atoms with Crippen LogP contribution in [0.1, 0.15) is 43.4 Å². The van der Waals surface area contributed by atoms with Crippen molar-refractivity contribution < 1.29 is 26.6 Å². The van der Waals surface area contributed by atoms with E-state index in [1.54, 1.807) is 0 Å². The Morgan fingerprint density at radius 3 is 2.26 bits per heavy atom. The molecule has 0 radical (unpaired) electrons. The Morgan fingerprint density at radius 1 is 0.895 bits per heavy atom. The molecule has 3 nitrogen and oxygen atoms in total. The molecule has 38 heavy (non-hydrogen) atoms. The van der Waals surface area contributed by atoms with Gasteiger partial charge in [0.1, 0.15) is 18.7 Å². The SMILES string of the molecule is CC[C@H]1C[N@+]2(Cc3c4ccccc4cc4ccccc34)CC[C@H]1C[C@H]2[C@H](O)c1ccnc2ccccc12.[Br-]. The van der Waals surface area contributed by atoms with Crippen LogP contribution in [0.4, 0.5) is 0 Å². The molecule has 4 heteroatoms. The van der Waals surface area contributed by atoms with Crippen molar-refractivity contribution in [1.29, 1.82) is 0 Å². The second-order valence-electron chi connectivity index (χ2n) is 11.5. The van der Waals surface area contributed by atoms with E-state index in [4.69, 9.17) is 0 Å². The summed E-state index contributed by atoms with van der Waals surface area (Å²) in [6.45, 7) is 5.63. The van der Waals surface area contributed by atoms with Gasteiger partial charge < -0.3 is 26.6 Å². The van der Waals surface area contributed by atoms with Gasteiger partial charge in [0.15, 0.2) is 0 Å². The number of benzene rings is 4. The normalized spacial score (nSPS) is 25.5. The van der Waals surface area contributed by atoms with Gasteiger partial charge in [-0.3, -0.25) is 4.98 Å². The van der Waals surface area contributed by atoms with Gasteiger partial charge >= 0.3 is 0 Å². The van der Waals surface area contributed by atoms with E-state index in [0.717, 1.165) is 52.9 Å². The molecule has 3 aliphatic rings. The zero-order valence-corrected chi connectivity index (χ0v) is 23.5. The first-order valence-corrected chi connectivity index (χ1v) is 13.9. The monoisotopic (exact) mass is 566 g/mol. The number of rotatable bonds is 5.